The summed E-state index contributed by atoms with van der Waals surface area (Å²) in [6.45, 7) is 3.09. The molecule has 2 N–H and O–H groups in total. The molecule has 1 saturated carbocycles. The van der Waals surface area contributed by atoms with Crippen molar-refractivity contribution in [1.82, 2.24) is 4.90 Å². The van der Waals surface area contributed by atoms with Gasteiger partial charge < -0.3 is 19.9 Å². The second-order valence-electron chi connectivity index (χ2n) is 6.35. The van der Waals surface area contributed by atoms with E-state index < -0.39 is 0 Å². The number of rotatable bonds is 5. The fourth-order valence-electron chi connectivity index (χ4n) is 4.06. The summed E-state index contributed by atoms with van der Waals surface area (Å²) in [6.07, 6.45) is 2.45. The summed E-state index contributed by atoms with van der Waals surface area (Å²) in [4.78, 5) is 2.48. The fraction of sp³-hybridized carbons (Fsp3) is 0.647. The number of hydrogen-bond acceptors (Lipinski definition) is 5. The van der Waals surface area contributed by atoms with Crippen LogP contribution in [0.5, 0.6) is 17.2 Å². The van der Waals surface area contributed by atoms with E-state index >= 15 is 0 Å². The van der Waals surface area contributed by atoms with Gasteiger partial charge in [-0.2, -0.15) is 0 Å². The van der Waals surface area contributed by atoms with E-state index in [0.29, 0.717) is 23.5 Å². The van der Waals surface area contributed by atoms with Crippen LogP contribution in [0.4, 0.5) is 0 Å². The largest absolute Gasteiger partial charge is 0.493 e. The number of hydrogen-bond donors (Lipinski definition) is 1. The molecule has 1 heterocycles. The molecule has 3 atom stereocenters. The van der Waals surface area contributed by atoms with Gasteiger partial charge in [-0.15, -0.1) is 0 Å². The van der Waals surface area contributed by atoms with E-state index in [-0.39, 0.29) is 0 Å². The third kappa shape index (κ3) is 2.63. The zero-order valence-corrected chi connectivity index (χ0v) is 13.7. The van der Waals surface area contributed by atoms with E-state index in [4.69, 9.17) is 19.9 Å². The van der Waals surface area contributed by atoms with Crippen molar-refractivity contribution in [2.24, 2.45) is 17.6 Å². The third-order valence-electron chi connectivity index (χ3n) is 5.17. The molecule has 1 aromatic carbocycles. The fourth-order valence-corrected chi connectivity index (χ4v) is 4.06. The third-order valence-corrected chi connectivity index (χ3v) is 5.17. The number of benzene rings is 1. The molecule has 5 nitrogen and oxygen atoms in total. The van der Waals surface area contributed by atoms with Crippen LogP contribution in [0.3, 0.4) is 0 Å². The van der Waals surface area contributed by atoms with Gasteiger partial charge in [-0.25, -0.2) is 0 Å². The van der Waals surface area contributed by atoms with Crippen LogP contribution in [0.15, 0.2) is 12.1 Å². The lowest BCUT2D eigenvalue weighted by molar-refractivity contribution is 0.284. The summed E-state index contributed by atoms with van der Waals surface area (Å²) < 4.78 is 16.4. The SMILES string of the molecule is COc1ccc(CN2CC3CCC(N)C3C2)c(OC)c1OC. The summed E-state index contributed by atoms with van der Waals surface area (Å²) in [6, 6.07) is 4.38. The maximum Gasteiger partial charge on any atom is 0.203 e. The normalized spacial score (nSPS) is 27.7. The van der Waals surface area contributed by atoms with Gasteiger partial charge in [0.25, 0.3) is 0 Å². The van der Waals surface area contributed by atoms with Crippen molar-refractivity contribution in [1.29, 1.82) is 0 Å². The van der Waals surface area contributed by atoms with Crippen LogP contribution >= 0.6 is 0 Å². The number of ether oxygens (including phenoxy) is 3. The van der Waals surface area contributed by atoms with E-state index in [0.717, 1.165) is 36.9 Å². The minimum Gasteiger partial charge on any atom is -0.493 e. The Balaban J connectivity index is 1.78. The zero-order chi connectivity index (χ0) is 15.7. The molecule has 5 heteroatoms. The van der Waals surface area contributed by atoms with E-state index in [2.05, 4.69) is 11.0 Å². The van der Waals surface area contributed by atoms with Crippen molar-refractivity contribution in [3.63, 3.8) is 0 Å². The van der Waals surface area contributed by atoms with Crippen LogP contribution in [0.1, 0.15) is 18.4 Å². The highest BCUT2D eigenvalue weighted by Crippen LogP contribution is 2.42. The van der Waals surface area contributed by atoms with Gasteiger partial charge >= 0.3 is 0 Å². The maximum absolute atomic E-state index is 6.23. The lowest BCUT2D eigenvalue weighted by atomic mass is 9.98. The van der Waals surface area contributed by atoms with Crippen LogP contribution < -0.4 is 19.9 Å². The predicted octanol–water partition coefficient (Wildman–Crippen LogP) is 1.88. The molecule has 1 aromatic rings. The Morgan fingerprint density at radius 2 is 1.82 bits per heavy atom. The number of likely N-dealkylation sites (tertiary alicyclic amines) is 1. The Labute approximate surface area is 132 Å². The quantitative estimate of drug-likeness (QED) is 0.900. The lowest BCUT2D eigenvalue weighted by Gasteiger charge is -2.21. The number of nitrogens with zero attached hydrogens (tertiary/aromatic N) is 1. The van der Waals surface area contributed by atoms with Gasteiger partial charge in [0.1, 0.15) is 0 Å². The van der Waals surface area contributed by atoms with Crippen LogP contribution in [0.25, 0.3) is 0 Å². The van der Waals surface area contributed by atoms with Crippen LogP contribution in [0, 0.1) is 11.8 Å². The molecule has 0 radical (unpaired) electrons. The second-order valence-corrected chi connectivity index (χ2v) is 6.35. The first kappa shape index (κ1) is 15.4. The first-order chi connectivity index (χ1) is 10.7. The van der Waals surface area contributed by atoms with Gasteiger partial charge in [-0.05, 0) is 30.7 Å². The Bertz CT molecular complexity index is 535. The molecule has 1 aliphatic carbocycles. The van der Waals surface area contributed by atoms with Gasteiger partial charge in [-0.1, -0.05) is 6.07 Å². The van der Waals surface area contributed by atoms with Crippen LogP contribution in [-0.2, 0) is 6.54 Å². The highest BCUT2D eigenvalue weighted by Gasteiger charge is 2.40. The van der Waals surface area contributed by atoms with Gasteiger partial charge in [0, 0.05) is 31.2 Å². The molecule has 0 aromatic heterocycles. The molecular weight excluding hydrogens is 280 g/mol. The molecule has 2 aliphatic rings. The topological polar surface area (TPSA) is 57.0 Å². The zero-order valence-electron chi connectivity index (χ0n) is 13.7. The average molecular weight is 306 g/mol. The van der Waals surface area contributed by atoms with Crippen molar-refractivity contribution in [2.75, 3.05) is 34.4 Å². The molecule has 122 valence electrons. The molecule has 1 saturated heterocycles. The first-order valence-corrected chi connectivity index (χ1v) is 7.93. The minimum absolute atomic E-state index is 0.377. The van der Waals surface area contributed by atoms with Crippen LogP contribution in [-0.4, -0.2) is 45.4 Å². The molecule has 1 aliphatic heterocycles. The standard InChI is InChI=1S/C17H26N2O3/c1-20-15-7-5-12(16(21-2)17(15)22-3)9-19-8-11-4-6-14(18)13(11)10-19/h5,7,11,13-14H,4,6,8-10,18H2,1-3H3. The summed E-state index contributed by atoms with van der Waals surface area (Å²) in [7, 11) is 4.96. The number of methoxy groups -OCH3 is 3. The lowest BCUT2D eigenvalue weighted by Crippen LogP contribution is -2.30. The predicted molar refractivity (Wildman–Crippen MR) is 85.6 cm³/mol. The van der Waals surface area contributed by atoms with Gasteiger partial charge in [-0.3, -0.25) is 4.90 Å². The first-order valence-electron chi connectivity index (χ1n) is 7.93. The number of fused-ring (bicyclic) bond motifs is 1. The summed E-state index contributed by atoms with van der Waals surface area (Å²) in [5.41, 5.74) is 7.36. The molecule has 3 unspecified atom stereocenters. The summed E-state index contributed by atoms with van der Waals surface area (Å²) in [5.74, 6) is 3.55. The Hall–Kier alpha value is -1.46. The molecule has 22 heavy (non-hydrogen) atoms. The van der Waals surface area contributed by atoms with Crippen molar-refractivity contribution >= 4 is 0 Å². The second kappa shape index (κ2) is 6.34. The van der Waals surface area contributed by atoms with E-state index in [1.807, 2.05) is 6.07 Å². The van der Waals surface area contributed by atoms with Crippen LogP contribution in [0.2, 0.25) is 0 Å². The Kier molecular flexibility index (Phi) is 4.45. The van der Waals surface area contributed by atoms with Gasteiger partial charge in [0.15, 0.2) is 11.5 Å². The molecular formula is C17H26N2O3. The van der Waals surface area contributed by atoms with Crippen molar-refractivity contribution < 1.29 is 14.2 Å². The van der Waals surface area contributed by atoms with E-state index in [9.17, 15) is 0 Å². The Morgan fingerprint density at radius 1 is 1.05 bits per heavy atom. The van der Waals surface area contributed by atoms with E-state index in [1.165, 1.54) is 12.8 Å². The summed E-state index contributed by atoms with van der Waals surface area (Å²) >= 11 is 0. The molecule has 3 rings (SSSR count). The maximum atomic E-state index is 6.23. The highest BCUT2D eigenvalue weighted by molar-refractivity contribution is 5.55. The summed E-state index contributed by atoms with van der Waals surface area (Å²) in [5, 5.41) is 0. The molecule has 0 spiro atoms. The monoisotopic (exact) mass is 306 g/mol. The highest BCUT2D eigenvalue weighted by atomic mass is 16.5. The van der Waals surface area contributed by atoms with Crippen molar-refractivity contribution in [2.45, 2.75) is 25.4 Å². The van der Waals surface area contributed by atoms with Gasteiger partial charge in [0.05, 0.1) is 21.3 Å². The minimum atomic E-state index is 0.377. The Morgan fingerprint density at radius 3 is 2.45 bits per heavy atom. The number of nitrogens with two attached hydrogens (primary N) is 1. The van der Waals surface area contributed by atoms with E-state index in [1.54, 1.807) is 21.3 Å². The molecule has 0 amide bonds. The molecule has 2 fully saturated rings. The van der Waals surface area contributed by atoms with Gasteiger partial charge in [0.2, 0.25) is 5.75 Å². The van der Waals surface area contributed by atoms with Crippen molar-refractivity contribution in [3.8, 4) is 17.2 Å². The molecule has 0 bridgehead atoms. The average Bonchev–Trinajstić information content (AvgIpc) is 3.08. The van der Waals surface area contributed by atoms with Crippen molar-refractivity contribution in [3.05, 3.63) is 17.7 Å². The smallest absolute Gasteiger partial charge is 0.203 e.